The quantitative estimate of drug-likeness (QED) is 0.697. The minimum absolute atomic E-state index is 0.00258. The normalized spacial score (nSPS) is 18.1. The van der Waals surface area contributed by atoms with E-state index in [4.69, 9.17) is 5.73 Å². The number of piperazine rings is 1. The van der Waals surface area contributed by atoms with Crippen molar-refractivity contribution in [3.8, 4) is 0 Å². The molecule has 2 amide bonds. The van der Waals surface area contributed by atoms with Crippen LogP contribution in [-0.2, 0) is 9.59 Å². The third kappa shape index (κ3) is 3.96. The summed E-state index contributed by atoms with van der Waals surface area (Å²) in [5, 5.41) is 0. The summed E-state index contributed by atoms with van der Waals surface area (Å²) in [6, 6.07) is -0.408. The number of amides is 2. The molecule has 0 radical (unpaired) electrons. The molecule has 1 saturated heterocycles. The predicted octanol–water partition coefficient (Wildman–Crippen LogP) is -1.04. The van der Waals surface area contributed by atoms with Crippen LogP contribution in [0.4, 0.5) is 0 Å². The molecule has 0 bridgehead atoms. The fourth-order valence-corrected chi connectivity index (χ4v) is 1.96. The van der Waals surface area contributed by atoms with Crippen molar-refractivity contribution in [3.63, 3.8) is 0 Å². The lowest BCUT2D eigenvalue weighted by atomic mass is 10.2. The van der Waals surface area contributed by atoms with E-state index in [1.165, 1.54) is 0 Å². The third-order valence-electron chi connectivity index (χ3n) is 3.15. The van der Waals surface area contributed by atoms with Crippen molar-refractivity contribution in [2.45, 2.75) is 19.4 Å². The van der Waals surface area contributed by atoms with Gasteiger partial charge in [-0.1, -0.05) is 6.92 Å². The Kier molecular flexibility index (Phi) is 5.55. The van der Waals surface area contributed by atoms with E-state index in [0.29, 0.717) is 39.1 Å². The second kappa shape index (κ2) is 6.70. The summed E-state index contributed by atoms with van der Waals surface area (Å²) in [4.78, 5) is 29.1. The summed E-state index contributed by atoms with van der Waals surface area (Å²) < 4.78 is 0. The summed E-state index contributed by atoms with van der Waals surface area (Å²) in [6.45, 7) is 4.71. The summed E-state index contributed by atoms with van der Waals surface area (Å²) in [6.07, 6.45) is 0.651. The SMILES string of the molecule is CC[C@@H](N)C(=O)N1CCN(C(=O)CN(C)C)CC1. The first-order chi connectivity index (χ1) is 8.45. The van der Waals surface area contributed by atoms with Gasteiger partial charge in [0.25, 0.3) is 0 Å². The molecule has 1 rings (SSSR count). The van der Waals surface area contributed by atoms with Crippen LogP contribution in [0.3, 0.4) is 0 Å². The smallest absolute Gasteiger partial charge is 0.239 e. The highest BCUT2D eigenvalue weighted by atomic mass is 16.2. The van der Waals surface area contributed by atoms with E-state index in [9.17, 15) is 9.59 Å². The number of nitrogens with zero attached hydrogens (tertiary/aromatic N) is 3. The van der Waals surface area contributed by atoms with E-state index in [1.54, 1.807) is 9.80 Å². The molecule has 1 atom stereocenters. The maximum absolute atomic E-state index is 11.9. The van der Waals surface area contributed by atoms with Gasteiger partial charge in [0.05, 0.1) is 12.6 Å². The van der Waals surface area contributed by atoms with Crippen LogP contribution in [0.25, 0.3) is 0 Å². The fraction of sp³-hybridized carbons (Fsp3) is 0.833. The van der Waals surface area contributed by atoms with E-state index in [-0.39, 0.29) is 11.8 Å². The predicted molar refractivity (Wildman–Crippen MR) is 70.0 cm³/mol. The highest BCUT2D eigenvalue weighted by Gasteiger charge is 2.26. The molecular weight excluding hydrogens is 232 g/mol. The van der Waals surface area contributed by atoms with Gasteiger partial charge in [0.1, 0.15) is 0 Å². The van der Waals surface area contributed by atoms with E-state index in [0.717, 1.165) is 0 Å². The Labute approximate surface area is 109 Å². The largest absolute Gasteiger partial charge is 0.338 e. The maximum Gasteiger partial charge on any atom is 0.239 e. The minimum Gasteiger partial charge on any atom is -0.338 e. The lowest BCUT2D eigenvalue weighted by Crippen LogP contribution is -2.55. The van der Waals surface area contributed by atoms with Gasteiger partial charge in [-0.25, -0.2) is 0 Å². The van der Waals surface area contributed by atoms with Gasteiger partial charge in [-0.05, 0) is 20.5 Å². The van der Waals surface area contributed by atoms with Crippen LogP contribution in [0.2, 0.25) is 0 Å². The monoisotopic (exact) mass is 256 g/mol. The summed E-state index contributed by atoms with van der Waals surface area (Å²) in [7, 11) is 3.75. The Balaban J connectivity index is 2.41. The van der Waals surface area contributed by atoms with Crippen molar-refractivity contribution < 1.29 is 9.59 Å². The van der Waals surface area contributed by atoms with Crippen LogP contribution >= 0.6 is 0 Å². The average molecular weight is 256 g/mol. The molecule has 1 aliphatic rings. The van der Waals surface area contributed by atoms with Crippen LogP contribution in [0.15, 0.2) is 0 Å². The minimum atomic E-state index is -0.408. The Hall–Kier alpha value is -1.14. The van der Waals surface area contributed by atoms with Crippen molar-refractivity contribution in [1.29, 1.82) is 0 Å². The Morgan fingerprint density at radius 2 is 1.67 bits per heavy atom. The molecule has 6 nitrogen and oxygen atoms in total. The average Bonchev–Trinajstić information content (AvgIpc) is 2.36. The van der Waals surface area contributed by atoms with Crippen molar-refractivity contribution >= 4 is 11.8 Å². The number of carbonyl (C=O) groups is 2. The van der Waals surface area contributed by atoms with Crippen LogP contribution in [0.5, 0.6) is 0 Å². The Bertz CT molecular complexity index is 298. The van der Waals surface area contributed by atoms with Gasteiger partial charge in [0, 0.05) is 26.2 Å². The molecule has 0 spiro atoms. The first-order valence-corrected chi connectivity index (χ1v) is 6.42. The van der Waals surface area contributed by atoms with Crippen LogP contribution < -0.4 is 5.73 Å². The second-order valence-corrected chi connectivity index (χ2v) is 4.96. The molecule has 1 aliphatic heterocycles. The number of hydrogen-bond donors (Lipinski definition) is 1. The zero-order chi connectivity index (χ0) is 13.7. The molecule has 0 aliphatic carbocycles. The molecule has 0 aromatic heterocycles. The molecule has 104 valence electrons. The molecule has 0 aromatic rings. The van der Waals surface area contributed by atoms with Gasteiger partial charge in [-0.2, -0.15) is 0 Å². The summed E-state index contributed by atoms with van der Waals surface area (Å²) in [5.41, 5.74) is 5.73. The fourth-order valence-electron chi connectivity index (χ4n) is 1.96. The third-order valence-corrected chi connectivity index (χ3v) is 3.15. The molecule has 0 aromatic carbocycles. The topological polar surface area (TPSA) is 69.9 Å². The maximum atomic E-state index is 11.9. The Morgan fingerprint density at radius 3 is 2.11 bits per heavy atom. The molecule has 1 heterocycles. The Morgan fingerprint density at radius 1 is 1.17 bits per heavy atom. The van der Waals surface area contributed by atoms with Gasteiger partial charge in [0.15, 0.2) is 0 Å². The lowest BCUT2D eigenvalue weighted by molar-refractivity contribution is -0.140. The molecule has 0 unspecified atom stereocenters. The van der Waals surface area contributed by atoms with Crippen molar-refractivity contribution in [2.75, 3.05) is 46.8 Å². The summed E-state index contributed by atoms with van der Waals surface area (Å²) in [5.74, 6) is 0.115. The second-order valence-electron chi connectivity index (χ2n) is 4.96. The van der Waals surface area contributed by atoms with Crippen LogP contribution in [0, 0.1) is 0 Å². The number of rotatable bonds is 4. The van der Waals surface area contributed by atoms with Gasteiger partial charge in [-0.15, -0.1) is 0 Å². The first kappa shape index (κ1) is 14.9. The molecule has 6 heteroatoms. The summed E-state index contributed by atoms with van der Waals surface area (Å²) >= 11 is 0. The number of hydrogen-bond acceptors (Lipinski definition) is 4. The highest BCUT2D eigenvalue weighted by Crippen LogP contribution is 2.05. The van der Waals surface area contributed by atoms with Gasteiger partial charge in [-0.3, -0.25) is 9.59 Å². The van der Waals surface area contributed by atoms with Gasteiger partial charge < -0.3 is 20.4 Å². The molecule has 18 heavy (non-hydrogen) atoms. The van der Waals surface area contributed by atoms with E-state index in [1.807, 2.05) is 25.9 Å². The van der Waals surface area contributed by atoms with Crippen molar-refractivity contribution in [3.05, 3.63) is 0 Å². The van der Waals surface area contributed by atoms with E-state index in [2.05, 4.69) is 0 Å². The van der Waals surface area contributed by atoms with E-state index < -0.39 is 6.04 Å². The number of likely N-dealkylation sites (N-methyl/N-ethyl adjacent to an activating group) is 1. The lowest BCUT2D eigenvalue weighted by Gasteiger charge is -2.36. The highest BCUT2D eigenvalue weighted by molar-refractivity contribution is 5.82. The number of nitrogens with two attached hydrogens (primary N) is 1. The van der Waals surface area contributed by atoms with E-state index >= 15 is 0 Å². The van der Waals surface area contributed by atoms with Crippen molar-refractivity contribution in [1.82, 2.24) is 14.7 Å². The zero-order valence-electron chi connectivity index (χ0n) is 11.6. The number of carbonyl (C=O) groups excluding carboxylic acids is 2. The molecule has 0 saturated carbocycles. The van der Waals surface area contributed by atoms with Crippen molar-refractivity contribution in [2.24, 2.45) is 5.73 Å². The molecular formula is C12H24N4O2. The van der Waals surface area contributed by atoms with Gasteiger partial charge >= 0.3 is 0 Å². The van der Waals surface area contributed by atoms with Gasteiger partial charge in [0.2, 0.25) is 11.8 Å². The first-order valence-electron chi connectivity index (χ1n) is 6.42. The molecule has 1 fully saturated rings. The molecule has 2 N–H and O–H groups in total. The standard InChI is InChI=1S/C12H24N4O2/c1-4-10(13)12(18)16-7-5-15(6-8-16)11(17)9-14(2)3/h10H,4-9,13H2,1-3H3/t10-/m1/s1. The zero-order valence-corrected chi connectivity index (χ0v) is 11.6. The van der Waals surface area contributed by atoms with Crippen LogP contribution in [0.1, 0.15) is 13.3 Å². The van der Waals surface area contributed by atoms with Crippen LogP contribution in [-0.4, -0.2) is 79.4 Å².